The average molecular weight is 473 g/mol. The second-order valence-electron chi connectivity index (χ2n) is 9.02. The van der Waals surface area contributed by atoms with Gasteiger partial charge in [-0.15, -0.1) is 0 Å². The minimum Gasteiger partial charge on any atom is -0.478 e. The van der Waals surface area contributed by atoms with Crippen molar-refractivity contribution < 1.29 is 19.0 Å². The van der Waals surface area contributed by atoms with Crippen molar-refractivity contribution in [3.05, 3.63) is 70.6 Å². The number of rotatable bonds is 10. The molecule has 0 aliphatic heterocycles. The maximum Gasteiger partial charge on any atom is 0.339 e. The number of hydrogen-bond donors (Lipinski definition) is 1. The summed E-state index contributed by atoms with van der Waals surface area (Å²) in [5, 5.41) is 14.8. The van der Waals surface area contributed by atoms with E-state index in [9.17, 15) is 14.3 Å². The quantitative estimate of drug-likeness (QED) is 0.352. The van der Waals surface area contributed by atoms with Crippen LogP contribution in [0.1, 0.15) is 56.1 Å². The Kier molecular flexibility index (Phi) is 7.92. The van der Waals surface area contributed by atoms with Crippen LogP contribution in [0.3, 0.4) is 0 Å². The third-order valence-electron chi connectivity index (χ3n) is 5.94. The maximum absolute atomic E-state index is 13.8. The van der Waals surface area contributed by atoms with Gasteiger partial charge in [-0.05, 0) is 50.8 Å². The van der Waals surface area contributed by atoms with Crippen LogP contribution in [-0.2, 0) is 11.2 Å². The summed E-state index contributed by atoms with van der Waals surface area (Å²) in [6.45, 7) is 6.21. The van der Waals surface area contributed by atoms with Crippen LogP contribution >= 0.6 is 11.6 Å². The molecular weight excluding hydrogens is 443 g/mol. The lowest BCUT2D eigenvalue weighted by Crippen LogP contribution is -2.22. The normalized spacial score (nSPS) is 12.7. The van der Waals surface area contributed by atoms with Crippen molar-refractivity contribution >= 4 is 17.6 Å². The molecule has 1 aromatic heterocycles. The van der Waals surface area contributed by atoms with Gasteiger partial charge in [-0.3, -0.25) is 0 Å². The third kappa shape index (κ3) is 6.01. The number of benzene rings is 2. The lowest BCUT2D eigenvalue weighted by Gasteiger charge is -2.23. The monoisotopic (exact) mass is 472 g/mol. The zero-order chi connectivity index (χ0) is 24.2. The van der Waals surface area contributed by atoms with Gasteiger partial charge >= 0.3 is 5.97 Å². The van der Waals surface area contributed by atoms with Crippen molar-refractivity contribution in [1.82, 2.24) is 9.78 Å². The van der Waals surface area contributed by atoms with Crippen LogP contribution in [0.2, 0.25) is 5.02 Å². The van der Waals surface area contributed by atoms with Gasteiger partial charge in [0.2, 0.25) is 0 Å². The first-order valence-corrected chi connectivity index (χ1v) is 11.4. The molecule has 0 amide bonds. The standard InChI is InChI=1S/C26H30ClFN2O3/c1-17(9-8-14-26(2,3)33-4)15-22-23(25(31)32)24(18-10-6-5-7-11-18)30(29-22)19-12-13-21(28)20(27)16-19/h5-7,10-13,16-17H,8-9,14-15H2,1-4H3,(H,31,32). The molecule has 2 aromatic carbocycles. The Morgan fingerprint density at radius 2 is 1.94 bits per heavy atom. The SMILES string of the molecule is COC(C)(C)CCCC(C)Cc1nn(-c2ccc(F)c(Cl)c2)c(-c2ccccc2)c1C(=O)O. The minimum atomic E-state index is -1.05. The zero-order valence-corrected chi connectivity index (χ0v) is 20.2. The summed E-state index contributed by atoms with van der Waals surface area (Å²) in [4.78, 5) is 12.4. The van der Waals surface area contributed by atoms with E-state index in [0.717, 1.165) is 19.3 Å². The molecule has 0 fully saturated rings. The number of halogens is 2. The lowest BCUT2D eigenvalue weighted by molar-refractivity contribution is 0.0127. The number of aromatic nitrogens is 2. The van der Waals surface area contributed by atoms with E-state index in [0.29, 0.717) is 29.1 Å². The molecule has 5 nitrogen and oxygen atoms in total. The number of aromatic carboxylic acids is 1. The molecule has 176 valence electrons. The first-order valence-electron chi connectivity index (χ1n) is 11.0. The van der Waals surface area contributed by atoms with Gasteiger partial charge < -0.3 is 9.84 Å². The van der Waals surface area contributed by atoms with Gasteiger partial charge in [-0.25, -0.2) is 13.9 Å². The molecule has 0 saturated heterocycles. The molecule has 3 aromatic rings. The fraction of sp³-hybridized carbons (Fsp3) is 0.385. The second kappa shape index (κ2) is 10.5. The molecular formula is C26H30ClFN2O3. The Labute approximate surface area is 199 Å². The second-order valence-corrected chi connectivity index (χ2v) is 9.42. The number of nitrogens with zero attached hydrogens (tertiary/aromatic N) is 2. The summed E-state index contributed by atoms with van der Waals surface area (Å²) < 4.78 is 20.8. The first-order chi connectivity index (χ1) is 15.6. The van der Waals surface area contributed by atoms with E-state index in [-0.39, 0.29) is 22.1 Å². The summed E-state index contributed by atoms with van der Waals surface area (Å²) in [7, 11) is 1.71. The highest BCUT2D eigenvalue weighted by Crippen LogP contribution is 2.32. The van der Waals surface area contributed by atoms with E-state index in [1.54, 1.807) is 17.9 Å². The molecule has 0 aliphatic carbocycles. The molecule has 33 heavy (non-hydrogen) atoms. The van der Waals surface area contributed by atoms with Gasteiger partial charge in [0.25, 0.3) is 0 Å². The van der Waals surface area contributed by atoms with E-state index in [1.165, 1.54) is 12.1 Å². The predicted molar refractivity (Wildman–Crippen MR) is 129 cm³/mol. The number of carboxylic acids is 1. The molecule has 1 N–H and O–H groups in total. The molecule has 0 bridgehead atoms. The van der Waals surface area contributed by atoms with Crippen LogP contribution in [0.15, 0.2) is 48.5 Å². The van der Waals surface area contributed by atoms with Gasteiger partial charge in [-0.1, -0.05) is 61.7 Å². The number of ether oxygens (including phenoxy) is 1. The molecule has 0 saturated carbocycles. The highest BCUT2D eigenvalue weighted by atomic mass is 35.5. The fourth-order valence-electron chi connectivity index (χ4n) is 3.91. The van der Waals surface area contributed by atoms with Crippen LogP contribution in [0.4, 0.5) is 4.39 Å². The van der Waals surface area contributed by atoms with Crippen LogP contribution in [0.5, 0.6) is 0 Å². The molecule has 3 rings (SSSR count). The Morgan fingerprint density at radius 1 is 1.24 bits per heavy atom. The van der Waals surface area contributed by atoms with Crippen LogP contribution in [-0.4, -0.2) is 33.6 Å². The smallest absolute Gasteiger partial charge is 0.339 e. The zero-order valence-electron chi connectivity index (χ0n) is 19.4. The summed E-state index contributed by atoms with van der Waals surface area (Å²) in [5.41, 5.74) is 2.14. The Balaban J connectivity index is 2.01. The van der Waals surface area contributed by atoms with Crippen molar-refractivity contribution in [3.8, 4) is 16.9 Å². The van der Waals surface area contributed by atoms with Gasteiger partial charge in [0.15, 0.2) is 0 Å². The molecule has 1 unspecified atom stereocenters. The van der Waals surface area contributed by atoms with Crippen molar-refractivity contribution in [3.63, 3.8) is 0 Å². The Hall–Kier alpha value is -2.70. The molecule has 0 radical (unpaired) electrons. The molecule has 1 heterocycles. The third-order valence-corrected chi connectivity index (χ3v) is 6.23. The van der Waals surface area contributed by atoms with Crippen molar-refractivity contribution in [2.24, 2.45) is 5.92 Å². The number of carboxylic acid groups (broad SMARTS) is 1. The van der Waals surface area contributed by atoms with Gasteiger partial charge in [0.05, 0.1) is 27.7 Å². The van der Waals surface area contributed by atoms with Crippen LogP contribution in [0.25, 0.3) is 16.9 Å². The lowest BCUT2D eigenvalue weighted by atomic mass is 9.92. The summed E-state index contributed by atoms with van der Waals surface area (Å²) in [6.07, 6.45) is 3.31. The summed E-state index contributed by atoms with van der Waals surface area (Å²) in [5.74, 6) is -1.37. The minimum absolute atomic E-state index is 0.0467. The van der Waals surface area contributed by atoms with Crippen molar-refractivity contribution in [1.29, 1.82) is 0 Å². The van der Waals surface area contributed by atoms with E-state index >= 15 is 0 Å². The number of methoxy groups -OCH3 is 1. The van der Waals surface area contributed by atoms with E-state index < -0.39 is 11.8 Å². The highest BCUT2D eigenvalue weighted by Gasteiger charge is 2.27. The van der Waals surface area contributed by atoms with Crippen molar-refractivity contribution in [2.45, 2.75) is 52.1 Å². The van der Waals surface area contributed by atoms with E-state index in [2.05, 4.69) is 20.8 Å². The van der Waals surface area contributed by atoms with Crippen LogP contribution in [0, 0.1) is 11.7 Å². The van der Waals surface area contributed by atoms with E-state index in [4.69, 9.17) is 21.4 Å². The van der Waals surface area contributed by atoms with E-state index in [1.807, 2.05) is 30.3 Å². The number of carbonyl (C=O) groups is 1. The Bertz CT molecular complexity index is 1110. The fourth-order valence-corrected chi connectivity index (χ4v) is 4.08. The first kappa shape index (κ1) is 24.9. The van der Waals surface area contributed by atoms with Crippen molar-refractivity contribution in [2.75, 3.05) is 7.11 Å². The van der Waals surface area contributed by atoms with Gasteiger partial charge in [0.1, 0.15) is 11.4 Å². The molecule has 0 aliphatic rings. The maximum atomic E-state index is 13.8. The molecule has 1 atom stereocenters. The molecule has 7 heteroatoms. The average Bonchev–Trinajstić information content (AvgIpc) is 3.15. The summed E-state index contributed by atoms with van der Waals surface area (Å²) >= 11 is 6.02. The highest BCUT2D eigenvalue weighted by molar-refractivity contribution is 6.30. The predicted octanol–water partition coefficient (Wildman–Crippen LogP) is 6.80. The topological polar surface area (TPSA) is 64.4 Å². The van der Waals surface area contributed by atoms with Gasteiger partial charge in [0, 0.05) is 12.7 Å². The number of hydrogen-bond acceptors (Lipinski definition) is 3. The Morgan fingerprint density at radius 3 is 2.55 bits per heavy atom. The molecule has 0 spiro atoms. The van der Waals surface area contributed by atoms with Gasteiger partial charge in [-0.2, -0.15) is 5.10 Å². The summed E-state index contributed by atoms with van der Waals surface area (Å²) in [6, 6.07) is 13.5. The largest absolute Gasteiger partial charge is 0.478 e. The van der Waals surface area contributed by atoms with Crippen LogP contribution < -0.4 is 0 Å².